The molecular weight excluding hydrogens is 352 g/mol. The van der Waals surface area contributed by atoms with Gasteiger partial charge in [0.2, 0.25) is 5.91 Å². The minimum atomic E-state index is 0.111. The van der Waals surface area contributed by atoms with Gasteiger partial charge in [0.25, 0.3) is 0 Å². The first-order valence-corrected chi connectivity index (χ1v) is 7.09. The lowest BCUT2D eigenvalue weighted by molar-refractivity contribution is -0.129. The molecule has 0 fully saturated rings. The fraction of sp³-hybridized carbons (Fsp3) is 0.545. The van der Waals surface area contributed by atoms with Gasteiger partial charge in [0, 0.05) is 13.1 Å². The first-order valence-electron chi connectivity index (χ1n) is 5.50. The Labute approximate surface area is 118 Å². The van der Waals surface area contributed by atoms with Gasteiger partial charge < -0.3 is 14.6 Å². The molecule has 0 aliphatic rings. The van der Waals surface area contributed by atoms with Crippen molar-refractivity contribution in [2.75, 3.05) is 19.6 Å². The second-order valence-corrected chi connectivity index (χ2v) is 5.08. The predicted molar refractivity (Wildman–Crippen MR) is 73.7 cm³/mol. The minimum Gasteiger partial charge on any atom is -0.452 e. The normalized spacial score (nSPS) is 10.6. The molecule has 0 aromatic carbocycles. The minimum absolute atomic E-state index is 0.111. The first-order chi connectivity index (χ1) is 8.08. The summed E-state index contributed by atoms with van der Waals surface area (Å²) in [5.41, 5.74) is 0. The number of furan rings is 1. The van der Waals surface area contributed by atoms with E-state index in [1.807, 2.05) is 19.9 Å². The molecule has 0 spiro atoms. The molecule has 1 amide bonds. The van der Waals surface area contributed by atoms with Gasteiger partial charge in [-0.3, -0.25) is 4.79 Å². The highest BCUT2D eigenvalue weighted by atomic mass is 79.9. The van der Waals surface area contributed by atoms with Gasteiger partial charge in [-0.15, -0.1) is 0 Å². The van der Waals surface area contributed by atoms with Crippen LogP contribution in [0.3, 0.4) is 0 Å². The summed E-state index contributed by atoms with van der Waals surface area (Å²) in [6.45, 7) is 6.31. The van der Waals surface area contributed by atoms with Gasteiger partial charge in [-0.2, -0.15) is 0 Å². The van der Waals surface area contributed by atoms with E-state index in [1.165, 1.54) is 0 Å². The second-order valence-electron chi connectivity index (χ2n) is 3.50. The third kappa shape index (κ3) is 4.44. The van der Waals surface area contributed by atoms with Crippen molar-refractivity contribution in [3.8, 4) is 0 Å². The Balaban J connectivity index is 2.35. The average molecular weight is 368 g/mol. The van der Waals surface area contributed by atoms with Gasteiger partial charge in [-0.05, 0) is 51.8 Å². The molecule has 0 aliphatic heterocycles. The van der Waals surface area contributed by atoms with Crippen LogP contribution in [0.2, 0.25) is 0 Å². The lowest BCUT2D eigenvalue weighted by Crippen LogP contribution is -2.37. The van der Waals surface area contributed by atoms with Crippen LogP contribution in [0.5, 0.6) is 0 Å². The van der Waals surface area contributed by atoms with Crippen LogP contribution in [0.15, 0.2) is 19.6 Å². The van der Waals surface area contributed by atoms with Gasteiger partial charge in [0.05, 0.1) is 17.6 Å². The van der Waals surface area contributed by atoms with E-state index in [0.717, 1.165) is 23.3 Å². The van der Waals surface area contributed by atoms with E-state index < -0.39 is 0 Å². The third-order valence-electron chi connectivity index (χ3n) is 2.39. The quantitative estimate of drug-likeness (QED) is 0.840. The molecule has 1 aromatic rings. The van der Waals surface area contributed by atoms with E-state index in [-0.39, 0.29) is 5.91 Å². The summed E-state index contributed by atoms with van der Waals surface area (Å²) in [6.07, 6.45) is 0. The number of carbonyl (C=O) groups is 1. The maximum Gasteiger partial charge on any atom is 0.236 e. The standard InChI is InChI=1S/C11H16Br2N2O2/c1-3-15(4-2)10(16)7-14-6-8-5-9(12)11(13)17-8/h5,14H,3-4,6-7H2,1-2H3. The second kappa shape index (κ2) is 7.18. The largest absolute Gasteiger partial charge is 0.452 e. The molecule has 0 atom stereocenters. The molecule has 1 N–H and O–H groups in total. The Bertz CT molecular complexity index is 356. The zero-order valence-electron chi connectivity index (χ0n) is 9.93. The van der Waals surface area contributed by atoms with Gasteiger partial charge >= 0.3 is 0 Å². The van der Waals surface area contributed by atoms with Crippen molar-refractivity contribution in [2.24, 2.45) is 0 Å². The van der Waals surface area contributed by atoms with Crippen molar-refractivity contribution in [3.63, 3.8) is 0 Å². The van der Waals surface area contributed by atoms with Gasteiger partial charge in [-0.25, -0.2) is 0 Å². The zero-order chi connectivity index (χ0) is 12.8. The van der Waals surface area contributed by atoms with E-state index in [2.05, 4.69) is 37.2 Å². The molecule has 1 heterocycles. The summed E-state index contributed by atoms with van der Waals surface area (Å²) < 4.78 is 6.94. The summed E-state index contributed by atoms with van der Waals surface area (Å²) in [6, 6.07) is 1.87. The first kappa shape index (κ1) is 14.7. The molecule has 0 saturated carbocycles. The fourth-order valence-corrected chi connectivity index (χ4v) is 2.12. The van der Waals surface area contributed by atoms with Gasteiger partial charge in [0.1, 0.15) is 5.76 Å². The molecule has 17 heavy (non-hydrogen) atoms. The molecule has 6 heteroatoms. The highest BCUT2D eigenvalue weighted by Crippen LogP contribution is 2.26. The Kier molecular flexibility index (Phi) is 6.22. The van der Waals surface area contributed by atoms with Crippen molar-refractivity contribution < 1.29 is 9.21 Å². The number of nitrogens with zero attached hydrogens (tertiary/aromatic N) is 1. The SMILES string of the molecule is CCN(CC)C(=O)CNCc1cc(Br)c(Br)o1. The summed E-state index contributed by atoms with van der Waals surface area (Å²) in [7, 11) is 0. The van der Waals surface area contributed by atoms with E-state index >= 15 is 0 Å². The number of amides is 1. The van der Waals surface area contributed by atoms with Crippen molar-refractivity contribution in [2.45, 2.75) is 20.4 Å². The number of rotatable bonds is 6. The van der Waals surface area contributed by atoms with E-state index in [9.17, 15) is 4.79 Å². The molecule has 0 aliphatic carbocycles. The summed E-state index contributed by atoms with van der Waals surface area (Å²) in [4.78, 5) is 13.5. The monoisotopic (exact) mass is 366 g/mol. The average Bonchev–Trinajstić information content (AvgIpc) is 2.60. The number of halogens is 2. The van der Waals surface area contributed by atoms with Crippen LogP contribution in [0, 0.1) is 0 Å². The Hall–Kier alpha value is -0.330. The highest BCUT2D eigenvalue weighted by molar-refractivity contribution is 9.13. The molecule has 1 rings (SSSR count). The summed E-state index contributed by atoms with van der Waals surface area (Å²) in [5, 5.41) is 3.06. The van der Waals surface area contributed by atoms with E-state index in [1.54, 1.807) is 4.90 Å². The predicted octanol–water partition coefficient (Wildman–Crippen LogP) is 2.76. The molecular formula is C11H16Br2N2O2. The maximum absolute atomic E-state index is 11.7. The number of carbonyl (C=O) groups excluding carboxylic acids is 1. The summed E-state index contributed by atoms with van der Waals surface area (Å²) >= 11 is 6.60. The van der Waals surface area contributed by atoms with Crippen LogP contribution in [-0.4, -0.2) is 30.4 Å². The molecule has 0 radical (unpaired) electrons. The molecule has 0 bridgehead atoms. The van der Waals surface area contributed by atoms with Crippen molar-refractivity contribution in [1.29, 1.82) is 0 Å². The third-order valence-corrected chi connectivity index (χ3v) is 4.10. The molecule has 1 aromatic heterocycles. The number of hydrogen-bond acceptors (Lipinski definition) is 3. The Morgan fingerprint density at radius 2 is 2.06 bits per heavy atom. The van der Waals surface area contributed by atoms with Crippen LogP contribution in [0.25, 0.3) is 0 Å². The van der Waals surface area contributed by atoms with E-state index in [4.69, 9.17) is 4.42 Å². The number of hydrogen-bond donors (Lipinski definition) is 1. The molecule has 0 unspecified atom stereocenters. The smallest absolute Gasteiger partial charge is 0.236 e. The number of likely N-dealkylation sites (N-methyl/N-ethyl adjacent to an activating group) is 1. The zero-order valence-corrected chi connectivity index (χ0v) is 13.1. The van der Waals surface area contributed by atoms with Crippen LogP contribution in [0.4, 0.5) is 0 Å². The van der Waals surface area contributed by atoms with E-state index in [0.29, 0.717) is 17.8 Å². The Morgan fingerprint density at radius 1 is 1.41 bits per heavy atom. The van der Waals surface area contributed by atoms with Crippen molar-refractivity contribution in [1.82, 2.24) is 10.2 Å². The summed E-state index contributed by atoms with van der Waals surface area (Å²) in [5.74, 6) is 0.899. The van der Waals surface area contributed by atoms with Crippen LogP contribution in [0.1, 0.15) is 19.6 Å². The van der Waals surface area contributed by atoms with Crippen LogP contribution >= 0.6 is 31.9 Å². The van der Waals surface area contributed by atoms with Crippen molar-refractivity contribution in [3.05, 3.63) is 21.0 Å². The lowest BCUT2D eigenvalue weighted by atomic mass is 10.4. The fourth-order valence-electron chi connectivity index (χ4n) is 1.46. The van der Waals surface area contributed by atoms with Gasteiger partial charge in [-0.1, -0.05) is 0 Å². The van der Waals surface area contributed by atoms with Crippen LogP contribution in [-0.2, 0) is 11.3 Å². The highest BCUT2D eigenvalue weighted by Gasteiger charge is 2.10. The lowest BCUT2D eigenvalue weighted by Gasteiger charge is -2.18. The topological polar surface area (TPSA) is 45.5 Å². The molecule has 96 valence electrons. The Morgan fingerprint density at radius 3 is 2.53 bits per heavy atom. The maximum atomic E-state index is 11.7. The van der Waals surface area contributed by atoms with Gasteiger partial charge in [0.15, 0.2) is 4.67 Å². The molecule has 0 saturated heterocycles. The van der Waals surface area contributed by atoms with Crippen molar-refractivity contribution >= 4 is 37.8 Å². The number of nitrogens with one attached hydrogen (secondary N) is 1. The van der Waals surface area contributed by atoms with Crippen LogP contribution < -0.4 is 5.32 Å². The molecule has 4 nitrogen and oxygen atoms in total.